The molecule has 1 aliphatic heterocycles. The van der Waals surface area contributed by atoms with E-state index in [1.165, 1.54) is 5.56 Å². The number of rotatable bonds is 6. The van der Waals surface area contributed by atoms with Gasteiger partial charge < -0.3 is 20.1 Å². The minimum absolute atomic E-state index is 0.0898. The number of ether oxygens (including phenoxy) is 1. The SMILES string of the molecule is CC1c2sccc2CCN1C(=O)C(CC(=O)O)NC(=O)OCC1c2ccccc2-c2ccccc21. The monoisotopic (exact) mass is 490 g/mol. The first kappa shape index (κ1) is 23.1. The fraction of sp³-hybridized carbons (Fsp3) is 0.296. The number of nitrogens with one attached hydrogen (secondary N) is 1. The first-order valence-electron chi connectivity index (χ1n) is 11.6. The Kier molecular flexibility index (Phi) is 6.30. The molecular weight excluding hydrogens is 464 g/mol. The van der Waals surface area contributed by atoms with Crippen molar-refractivity contribution >= 4 is 29.3 Å². The summed E-state index contributed by atoms with van der Waals surface area (Å²) in [6.07, 6.45) is -0.601. The van der Waals surface area contributed by atoms with E-state index in [0.717, 1.165) is 27.1 Å². The van der Waals surface area contributed by atoms with Gasteiger partial charge in [0.1, 0.15) is 12.6 Å². The van der Waals surface area contributed by atoms with Gasteiger partial charge in [-0.3, -0.25) is 9.59 Å². The molecule has 2 atom stereocenters. The maximum atomic E-state index is 13.3. The number of hydrogen-bond donors (Lipinski definition) is 2. The average Bonchev–Trinajstić information content (AvgIpc) is 3.45. The normalized spacial score (nSPS) is 17.2. The Morgan fingerprint density at radius 1 is 1.09 bits per heavy atom. The molecule has 2 heterocycles. The zero-order valence-corrected chi connectivity index (χ0v) is 20.1. The number of thiophene rings is 1. The molecule has 8 heteroatoms. The number of carboxylic acid groups (broad SMARTS) is 1. The molecule has 2 aromatic carbocycles. The number of fused-ring (bicyclic) bond motifs is 4. The number of alkyl carbamates (subject to hydrolysis) is 1. The van der Waals surface area contributed by atoms with E-state index in [0.29, 0.717) is 13.0 Å². The smallest absolute Gasteiger partial charge is 0.407 e. The van der Waals surface area contributed by atoms with Crippen LogP contribution in [0.15, 0.2) is 60.0 Å². The molecule has 0 saturated carbocycles. The van der Waals surface area contributed by atoms with Crippen molar-refractivity contribution in [2.75, 3.05) is 13.2 Å². The van der Waals surface area contributed by atoms with E-state index in [-0.39, 0.29) is 18.6 Å². The maximum absolute atomic E-state index is 13.3. The molecule has 2 N–H and O–H groups in total. The van der Waals surface area contributed by atoms with Crippen LogP contribution in [0.3, 0.4) is 0 Å². The summed E-state index contributed by atoms with van der Waals surface area (Å²) >= 11 is 1.58. The largest absolute Gasteiger partial charge is 0.481 e. The number of aliphatic carboxylic acids is 1. The molecule has 0 spiro atoms. The summed E-state index contributed by atoms with van der Waals surface area (Å²) in [6, 6.07) is 16.7. The predicted octanol–water partition coefficient (Wildman–Crippen LogP) is 4.58. The number of carbonyl (C=O) groups excluding carboxylic acids is 2. The quantitative estimate of drug-likeness (QED) is 0.528. The first-order chi connectivity index (χ1) is 16.9. The van der Waals surface area contributed by atoms with E-state index >= 15 is 0 Å². The van der Waals surface area contributed by atoms with Crippen LogP contribution >= 0.6 is 11.3 Å². The van der Waals surface area contributed by atoms with Crippen molar-refractivity contribution in [1.29, 1.82) is 0 Å². The summed E-state index contributed by atoms with van der Waals surface area (Å²) in [5.74, 6) is -1.70. The molecule has 2 aliphatic rings. The van der Waals surface area contributed by atoms with Crippen LogP contribution in [0, 0.1) is 0 Å². The molecule has 2 unspecified atom stereocenters. The third-order valence-electron chi connectivity index (χ3n) is 6.85. The van der Waals surface area contributed by atoms with Crippen LogP contribution in [0.2, 0.25) is 0 Å². The Bertz CT molecular complexity index is 1240. The second kappa shape index (κ2) is 9.54. The molecular formula is C27H26N2O5S. The van der Waals surface area contributed by atoms with Crippen molar-refractivity contribution in [1.82, 2.24) is 10.2 Å². The number of hydrogen-bond acceptors (Lipinski definition) is 5. The van der Waals surface area contributed by atoms with Gasteiger partial charge >= 0.3 is 12.1 Å². The summed E-state index contributed by atoms with van der Waals surface area (Å²) in [5.41, 5.74) is 5.60. The Morgan fingerprint density at radius 3 is 2.40 bits per heavy atom. The van der Waals surface area contributed by atoms with E-state index in [2.05, 4.69) is 23.5 Å². The fourth-order valence-electron chi connectivity index (χ4n) is 5.15. The molecule has 0 saturated heterocycles. The van der Waals surface area contributed by atoms with Crippen LogP contribution < -0.4 is 5.32 Å². The molecule has 0 radical (unpaired) electrons. The molecule has 0 bridgehead atoms. The van der Waals surface area contributed by atoms with Crippen molar-refractivity contribution in [2.45, 2.75) is 37.8 Å². The van der Waals surface area contributed by atoms with Crippen molar-refractivity contribution < 1.29 is 24.2 Å². The molecule has 0 fully saturated rings. The van der Waals surface area contributed by atoms with Gasteiger partial charge in [-0.1, -0.05) is 48.5 Å². The lowest BCUT2D eigenvalue weighted by atomic mass is 9.98. The third-order valence-corrected chi connectivity index (χ3v) is 7.97. The van der Waals surface area contributed by atoms with Gasteiger partial charge in [-0.2, -0.15) is 0 Å². The van der Waals surface area contributed by atoms with Gasteiger partial charge in [0.15, 0.2) is 0 Å². The van der Waals surface area contributed by atoms with Gasteiger partial charge in [0.05, 0.1) is 12.5 Å². The lowest BCUT2D eigenvalue weighted by Gasteiger charge is -2.35. The Morgan fingerprint density at radius 2 is 1.74 bits per heavy atom. The van der Waals surface area contributed by atoms with Crippen molar-refractivity contribution in [3.63, 3.8) is 0 Å². The van der Waals surface area contributed by atoms with Gasteiger partial charge in [0.2, 0.25) is 5.91 Å². The van der Waals surface area contributed by atoms with Gasteiger partial charge in [-0.25, -0.2) is 4.79 Å². The van der Waals surface area contributed by atoms with Gasteiger partial charge in [0.25, 0.3) is 0 Å². The second-order valence-corrected chi connectivity index (χ2v) is 9.84. The zero-order valence-electron chi connectivity index (χ0n) is 19.3. The van der Waals surface area contributed by atoms with Crippen LogP contribution in [-0.4, -0.2) is 47.2 Å². The first-order valence-corrected chi connectivity index (χ1v) is 12.5. The van der Waals surface area contributed by atoms with Crippen LogP contribution in [0.1, 0.15) is 46.9 Å². The number of amides is 2. The lowest BCUT2D eigenvalue weighted by molar-refractivity contribution is -0.143. The summed E-state index contributed by atoms with van der Waals surface area (Å²) in [4.78, 5) is 40.3. The molecule has 2 amide bonds. The van der Waals surface area contributed by atoms with Crippen LogP contribution in [0.5, 0.6) is 0 Å². The lowest BCUT2D eigenvalue weighted by Crippen LogP contribution is -2.51. The fourth-order valence-corrected chi connectivity index (χ4v) is 6.18. The topological polar surface area (TPSA) is 95.9 Å². The van der Waals surface area contributed by atoms with Crippen LogP contribution in [0.4, 0.5) is 4.79 Å². The van der Waals surface area contributed by atoms with Crippen molar-refractivity contribution in [3.8, 4) is 11.1 Å². The standard InChI is InChI=1S/C27H26N2O5S/c1-16-25-17(11-13-35-25)10-12-29(16)26(32)23(14-24(30)31)28-27(33)34-15-22-20-8-4-2-6-18(20)19-7-3-5-9-21(19)22/h2-9,11,13,16,22-23H,10,12,14-15H2,1H3,(H,28,33)(H,30,31). The highest BCUT2D eigenvalue weighted by molar-refractivity contribution is 7.10. The highest BCUT2D eigenvalue weighted by Gasteiger charge is 2.35. The number of nitrogens with zero attached hydrogens (tertiary/aromatic N) is 1. The van der Waals surface area contributed by atoms with E-state index < -0.39 is 30.4 Å². The number of benzene rings is 2. The molecule has 5 rings (SSSR count). The Hall–Kier alpha value is -3.65. The Balaban J connectivity index is 1.28. The average molecular weight is 491 g/mol. The number of carbonyl (C=O) groups is 3. The molecule has 180 valence electrons. The van der Waals surface area contributed by atoms with Crippen LogP contribution in [-0.2, 0) is 20.7 Å². The minimum Gasteiger partial charge on any atom is -0.481 e. The highest BCUT2D eigenvalue weighted by Crippen LogP contribution is 2.44. The molecule has 3 aromatic rings. The predicted molar refractivity (Wildman–Crippen MR) is 132 cm³/mol. The number of carboxylic acids is 1. The van der Waals surface area contributed by atoms with Gasteiger partial charge in [0, 0.05) is 17.3 Å². The summed E-state index contributed by atoms with van der Waals surface area (Å²) < 4.78 is 5.55. The van der Waals surface area contributed by atoms with E-state index in [1.54, 1.807) is 16.2 Å². The molecule has 1 aromatic heterocycles. The zero-order chi connectivity index (χ0) is 24.5. The van der Waals surface area contributed by atoms with Crippen molar-refractivity contribution in [3.05, 3.63) is 81.5 Å². The highest BCUT2D eigenvalue weighted by atomic mass is 32.1. The summed E-state index contributed by atoms with van der Waals surface area (Å²) in [7, 11) is 0. The third kappa shape index (κ3) is 4.41. The van der Waals surface area contributed by atoms with E-state index in [4.69, 9.17) is 4.74 Å². The minimum atomic E-state index is -1.20. The molecule has 1 aliphatic carbocycles. The van der Waals surface area contributed by atoms with Crippen LogP contribution in [0.25, 0.3) is 11.1 Å². The van der Waals surface area contributed by atoms with Gasteiger partial charge in [-0.05, 0) is 52.6 Å². The maximum Gasteiger partial charge on any atom is 0.407 e. The second-order valence-electron chi connectivity index (χ2n) is 8.89. The van der Waals surface area contributed by atoms with E-state index in [9.17, 15) is 19.5 Å². The molecule has 35 heavy (non-hydrogen) atoms. The van der Waals surface area contributed by atoms with E-state index in [1.807, 2.05) is 48.7 Å². The van der Waals surface area contributed by atoms with Crippen molar-refractivity contribution in [2.24, 2.45) is 0 Å². The Labute approximate surface area is 207 Å². The molecule has 7 nitrogen and oxygen atoms in total. The summed E-state index contributed by atoms with van der Waals surface area (Å²) in [5, 5.41) is 13.9. The van der Waals surface area contributed by atoms with Gasteiger partial charge in [-0.15, -0.1) is 11.3 Å². The summed E-state index contributed by atoms with van der Waals surface area (Å²) in [6.45, 7) is 2.50.